The molecule has 0 fully saturated rings. The second-order valence-corrected chi connectivity index (χ2v) is 8.11. The van der Waals surface area contributed by atoms with Crippen LogP contribution in [0.2, 0.25) is 0 Å². The topological polar surface area (TPSA) is 220 Å². The molecule has 0 saturated heterocycles. The summed E-state index contributed by atoms with van der Waals surface area (Å²) in [4.78, 5) is 56.3. The molecule has 1 aromatic heterocycles. The first-order chi connectivity index (χ1) is 16.5. The molecule has 5 atom stereocenters. The average Bonchev–Trinajstić information content (AvgIpc) is 3.31. The molecular formula is C22H30N6O7. The molecule has 1 heterocycles. The predicted molar refractivity (Wildman–Crippen MR) is 123 cm³/mol. The number of nitrogens with zero attached hydrogens (tertiary/aromatic N) is 1. The van der Waals surface area contributed by atoms with Crippen molar-refractivity contribution in [2.45, 2.75) is 57.0 Å². The SMILES string of the molecule is CC(NC(=O)C(Cc1ccc(O)cc1)NC(=O)C(Cc1cnc[nH]1)NC(=O)C(N)C(C)O)C(=O)O. The molecule has 0 aliphatic rings. The van der Waals surface area contributed by atoms with Crippen LogP contribution >= 0.6 is 0 Å². The number of aromatic hydroxyl groups is 1. The number of nitrogens with two attached hydrogens (primary N) is 1. The van der Waals surface area contributed by atoms with E-state index in [0.717, 1.165) is 0 Å². The van der Waals surface area contributed by atoms with Crippen molar-refractivity contribution in [2.24, 2.45) is 5.73 Å². The molecule has 0 spiro atoms. The summed E-state index contributed by atoms with van der Waals surface area (Å²) in [5.74, 6) is -3.53. The number of hydrogen-bond acceptors (Lipinski definition) is 8. The van der Waals surface area contributed by atoms with Crippen molar-refractivity contribution in [3.05, 3.63) is 48.0 Å². The van der Waals surface area contributed by atoms with E-state index in [0.29, 0.717) is 11.3 Å². The van der Waals surface area contributed by atoms with Crippen LogP contribution in [0.5, 0.6) is 5.75 Å². The number of carbonyl (C=O) groups is 4. The van der Waals surface area contributed by atoms with E-state index in [2.05, 4.69) is 25.9 Å². The number of carboxylic acids is 1. The Morgan fingerprint density at radius 1 is 0.971 bits per heavy atom. The van der Waals surface area contributed by atoms with Gasteiger partial charge in [-0.1, -0.05) is 12.1 Å². The van der Waals surface area contributed by atoms with Crippen molar-refractivity contribution in [3.8, 4) is 5.75 Å². The van der Waals surface area contributed by atoms with Gasteiger partial charge in [0.2, 0.25) is 17.7 Å². The van der Waals surface area contributed by atoms with Crippen LogP contribution in [0, 0.1) is 0 Å². The zero-order chi connectivity index (χ0) is 26.1. The number of aliphatic hydroxyl groups excluding tert-OH is 1. The average molecular weight is 491 g/mol. The van der Waals surface area contributed by atoms with Crippen LogP contribution in [-0.2, 0) is 32.0 Å². The van der Waals surface area contributed by atoms with E-state index < -0.39 is 54.0 Å². The second kappa shape index (κ2) is 12.5. The fourth-order valence-corrected chi connectivity index (χ4v) is 3.04. The molecule has 13 nitrogen and oxygen atoms in total. The van der Waals surface area contributed by atoms with Gasteiger partial charge in [-0.15, -0.1) is 0 Å². The van der Waals surface area contributed by atoms with Crippen molar-refractivity contribution < 1.29 is 34.5 Å². The number of phenolic OH excluding ortho intramolecular Hbond substituents is 1. The Morgan fingerprint density at radius 3 is 2.09 bits per heavy atom. The maximum Gasteiger partial charge on any atom is 0.325 e. The van der Waals surface area contributed by atoms with Crippen LogP contribution in [0.4, 0.5) is 0 Å². The minimum atomic E-state index is -1.29. The lowest BCUT2D eigenvalue weighted by atomic mass is 10.0. The van der Waals surface area contributed by atoms with Crippen LogP contribution in [0.1, 0.15) is 25.1 Å². The number of carbonyl (C=O) groups excluding carboxylic acids is 3. The number of aromatic nitrogens is 2. The first kappa shape index (κ1) is 27.3. The van der Waals surface area contributed by atoms with E-state index in [9.17, 15) is 29.4 Å². The van der Waals surface area contributed by atoms with Crippen LogP contribution in [0.3, 0.4) is 0 Å². The Bertz CT molecular complexity index is 1010. The minimum absolute atomic E-state index is 0.00932. The number of hydrogen-bond donors (Lipinski definition) is 8. The summed E-state index contributed by atoms with van der Waals surface area (Å²) in [5.41, 5.74) is 6.76. The maximum atomic E-state index is 13.2. The van der Waals surface area contributed by atoms with E-state index in [1.165, 1.54) is 38.5 Å². The van der Waals surface area contributed by atoms with Crippen molar-refractivity contribution >= 4 is 23.7 Å². The summed E-state index contributed by atoms with van der Waals surface area (Å²) in [6.45, 7) is 2.61. The van der Waals surface area contributed by atoms with Crippen molar-refractivity contribution in [2.75, 3.05) is 0 Å². The molecule has 13 heteroatoms. The number of aliphatic hydroxyl groups is 1. The number of phenols is 1. The van der Waals surface area contributed by atoms with Gasteiger partial charge in [0.15, 0.2) is 0 Å². The van der Waals surface area contributed by atoms with Gasteiger partial charge in [-0.05, 0) is 31.5 Å². The fourth-order valence-electron chi connectivity index (χ4n) is 3.04. The number of aliphatic carboxylic acids is 1. The Labute approximate surface area is 201 Å². The van der Waals surface area contributed by atoms with Gasteiger partial charge in [0.25, 0.3) is 0 Å². The van der Waals surface area contributed by atoms with Gasteiger partial charge in [0.05, 0.1) is 12.4 Å². The first-order valence-electron chi connectivity index (χ1n) is 10.8. The van der Waals surface area contributed by atoms with Gasteiger partial charge in [0, 0.05) is 24.7 Å². The zero-order valence-corrected chi connectivity index (χ0v) is 19.3. The molecule has 0 saturated carbocycles. The standard InChI is InChI=1S/C22H30N6O7/c1-11(22(34)35)26-19(31)16(7-13-3-5-15(30)6-4-13)27-20(32)17(8-14-9-24-10-25-14)28-21(33)18(23)12(2)29/h3-6,9-12,16-18,29-30H,7-8,23H2,1-2H3,(H,24,25)(H,26,31)(H,27,32)(H,28,33)(H,34,35). The van der Waals surface area contributed by atoms with Gasteiger partial charge < -0.3 is 42.0 Å². The smallest absolute Gasteiger partial charge is 0.325 e. The number of aromatic amines is 1. The first-order valence-corrected chi connectivity index (χ1v) is 10.8. The molecule has 0 aliphatic heterocycles. The molecule has 3 amide bonds. The van der Waals surface area contributed by atoms with Crippen LogP contribution in [0.25, 0.3) is 0 Å². The van der Waals surface area contributed by atoms with Crippen LogP contribution in [-0.4, -0.2) is 79.2 Å². The molecule has 190 valence electrons. The molecule has 9 N–H and O–H groups in total. The summed E-state index contributed by atoms with van der Waals surface area (Å²) in [7, 11) is 0. The highest BCUT2D eigenvalue weighted by atomic mass is 16.4. The molecule has 35 heavy (non-hydrogen) atoms. The molecular weight excluding hydrogens is 460 g/mol. The number of benzene rings is 1. The number of imidazole rings is 1. The fraction of sp³-hybridized carbons (Fsp3) is 0.409. The van der Waals surface area contributed by atoms with Crippen molar-refractivity contribution in [3.63, 3.8) is 0 Å². The van der Waals surface area contributed by atoms with E-state index in [1.54, 1.807) is 12.1 Å². The summed E-state index contributed by atoms with van der Waals surface area (Å²) < 4.78 is 0. The predicted octanol–water partition coefficient (Wildman–Crippen LogP) is -1.83. The summed E-state index contributed by atoms with van der Waals surface area (Å²) >= 11 is 0. The van der Waals surface area contributed by atoms with Gasteiger partial charge in [-0.3, -0.25) is 19.2 Å². The number of nitrogens with one attached hydrogen (secondary N) is 4. The van der Waals surface area contributed by atoms with Gasteiger partial charge in [-0.2, -0.15) is 0 Å². The van der Waals surface area contributed by atoms with Crippen LogP contribution < -0.4 is 21.7 Å². The van der Waals surface area contributed by atoms with E-state index in [-0.39, 0.29) is 18.6 Å². The highest BCUT2D eigenvalue weighted by molar-refractivity contribution is 5.94. The summed E-state index contributed by atoms with van der Waals surface area (Å²) in [6, 6.07) is 1.00. The largest absolute Gasteiger partial charge is 0.508 e. The van der Waals surface area contributed by atoms with Crippen LogP contribution in [0.15, 0.2) is 36.8 Å². The highest BCUT2D eigenvalue weighted by Gasteiger charge is 2.30. The van der Waals surface area contributed by atoms with E-state index in [4.69, 9.17) is 10.8 Å². The Morgan fingerprint density at radius 2 is 1.54 bits per heavy atom. The van der Waals surface area contributed by atoms with Gasteiger partial charge >= 0.3 is 5.97 Å². The van der Waals surface area contributed by atoms with E-state index in [1.807, 2.05) is 0 Å². The lowest BCUT2D eigenvalue weighted by Crippen LogP contribution is -2.58. The highest BCUT2D eigenvalue weighted by Crippen LogP contribution is 2.12. The molecule has 5 unspecified atom stereocenters. The lowest BCUT2D eigenvalue weighted by Gasteiger charge is -2.25. The molecule has 0 bridgehead atoms. The number of carboxylic acid groups (broad SMARTS) is 1. The second-order valence-electron chi connectivity index (χ2n) is 8.11. The van der Waals surface area contributed by atoms with E-state index >= 15 is 0 Å². The quantitative estimate of drug-likeness (QED) is 0.167. The third-order valence-electron chi connectivity index (χ3n) is 5.17. The summed E-state index contributed by atoms with van der Waals surface area (Å²) in [5, 5.41) is 35.6. The molecule has 2 rings (SSSR count). The van der Waals surface area contributed by atoms with Crippen molar-refractivity contribution in [1.82, 2.24) is 25.9 Å². The molecule has 0 radical (unpaired) electrons. The maximum absolute atomic E-state index is 13.2. The zero-order valence-electron chi connectivity index (χ0n) is 19.3. The number of rotatable bonds is 12. The van der Waals surface area contributed by atoms with Gasteiger partial charge in [-0.25, -0.2) is 4.98 Å². The molecule has 0 aliphatic carbocycles. The number of amides is 3. The monoisotopic (exact) mass is 490 g/mol. The minimum Gasteiger partial charge on any atom is -0.508 e. The summed E-state index contributed by atoms with van der Waals surface area (Å²) in [6.07, 6.45) is 1.63. The Hall–Kier alpha value is -3.97. The Kier molecular flexibility index (Phi) is 9.73. The normalized spacial score (nSPS) is 15.2. The number of H-pyrrole nitrogens is 1. The molecule has 2 aromatic rings. The Balaban J connectivity index is 2.26. The lowest BCUT2D eigenvalue weighted by molar-refractivity contribution is -0.141. The van der Waals surface area contributed by atoms with Crippen molar-refractivity contribution in [1.29, 1.82) is 0 Å². The van der Waals surface area contributed by atoms with Gasteiger partial charge in [0.1, 0.15) is 29.9 Å². The third-order valence-corrected chi connectivity index (χ3v) is 5.17. The third kappa shape index (κ3) is 8.39. The molecule has 1 aromatic carbocycles.